The Labute approximate surface area is 155 Å². The molecule has 0 spiro atoms. The van der Waals surface area contributed by atoms with Gasteiger partial charge < -0.3 is 0 Å². The van der Waals surface area contributed by atoms with E-state index >= 15 is 0 Å². The van der Waals surface area contributed by atoms with Crippen LogP contribution in [0.15, 0.2) is 53.4 Å². The molecule has 0 saturated carbocycles. The fourth-order valence-corrected chi connectivity index (χ4v) is 3.91. The minimum atomic E-state index is -3.24. The third-order valence-corrected chi connectivity index (χ3v) is 5.94. The Bertz CT molecular complexity index is 940. The van der Waals surface area contributed by atoms with Gasteiger partial charge in [0.05, 0.1) is 11.3 Å². The average Bonchev–Trinajstić information content (AvgIpc) is 3.03. The average molecular weight is 370 g/mol. The van der Waals surface area contributed by atoms with Crippen molar-refractivity contribution in [3.05, 3.63) is 65.2 Å². The summed E-state index contributed by atoms with van der Waals surface area (Å²) >= 11 is 0. The molecule has 0 fully saturated rings. The maximum Gasteiger partial charge on any atom is 0.227 e. The molecule has 0 amide bonds. The second-order valence-corrected chi connectivity index (χ2v) is 8.99. The first-order valence-corrected chi connectivity index (χ1v) is 10.7. The number of carbonyl (C=O) groups is 1. The monoisotopic (exact) mass is 370 g/mol. The van der Waals surface area contributed by atoms with Crippen LogP contribution in [-0.4, -0.2) is 43.8 Å². The van der Waals surface area contributed by atoms with Crippen molar-refractivity contribution in [2.75, 3.05) is 19.3 Å². The molecule has 2 aromatic carbocycles. The minimum Gasteiger partial charge on any atom is -0.287 e. The summed E-state index contributed by atoms with van der Waals surface area (Å²) in [6.07, 6.45) is 4.14. The third-order valence-electron chi connectivity index (χ3n) is 4.81. The van der Waals surface area contributed by atoms with Crippen molar-refractivity contribution in [3.8, 4) is 0 Å². The number of rotatable bonds is 6. The van der Waals surface area contributed by atoms with Crippen LogP contribution in [0.3, 0.4) is 0 Å². The van der Waals surface area contributed by atoms with Crippen LogP contribution in [0.2, 0.25) is 0 Å². The van der Waals surface area contributed by atoms with Gasteiger partial charge in [0.1, 0.15) is 6.54 Å². The van der Waals surface area contributed by atoms with Crippen LogP contribution >= 0.6 is 0 Å². The van der Waals surface area contributed by atoms with E-state index in [0.717, 1.165) is 25.8 Å². The standard InChI is InChI=1S/C21H24NO3S/c1-16-5-7-17(8-6-16)14-19-4-3-13-22(19)15-21(23)18-9-11-20(12-10-18)26(2,24)25/h5-12H,3-4,13-15H2,1-2H3/q+1. The van der Waals surface area contributed by atoms with Gasteiger partial charge in [-0.2, -0.15) is 0 Å². The summed E-state index contributed by atoms with van der Waals surface area (Å²) < 4.78 is 25.2. The quantitative estimate of drug-likeness (QED) is 0.580. The molecule has 0 radical (unpaired) electrons. The van der Waals surface area contributed by atoms with E-state index in [1.165, 1.54) is 35.2 Å². The lowest BCUT2D eigenvalue weighted by Gasteiger charge is -2.05. The van der Waals surface area contributed by atoms with Crippen LogP contribution in [0.1, 0.15) is 34.3 Å². The van der Waals surface area contributed by atoms with Gasteiger partial charge in [-0.1, -0.05) is 29.8 Å². The Morgan fingerprint density at radius 3 is 2.31 bits per heavy atom. The number of aryl methyl sites for hydroxylation is 1. The molecule has 136 valence electrons. The SMILES string of the molecule is Cc1ccc(CC2=[N+](CC(=O)c3ccc(S(C)(=O)=O)cc3)CCC2)cc1. The van der Waals surface area contributed by atoms with Crippen molar-refractivity contribution in [1.29, 1.82) is 0 Å². The van der Waals surface area contributed by atoms with Gasteiger partial charge in [0.15, 0.2) is 15.5 Å². The van der Waals surface area contributed by atoms with E-state index in [9.17, 15) is 13.2 Å². The van der Waals surface area contributed by atoms with Crippen molar-refractivity contribution in [2.24, 2.45) is 0 Å². The van der Waals surface area contributed by atoms with Gasteiger partial charge in [0.2, 0.25) is 12.3 Å². The molecule has 5 heteroatoms. The Hall–Kier alpha value is -2.27. The summed E-state index contributed by atoms with van der Waals surface area (Å²) in [6, 6.07) is 14.7. The topological polar surface area (TPSA) is 54.2 Å². The number of carbonyl (C=O) groups excluding carboxylic acids is 1. The van der Waals surface area contributed by atoms with Crippen molar-refractivity contribution < 1.29 is 17.8 Å². The molecule has 0 aromatic heterocycles. The van der Waals surface area contributed by atoms with E-state index in [4.69, 9.17) is 0 Å². The van der Waals surface area contributed by atoms with Crippen LogP contribution < -0.4 is 0 Å². The molecule has 4 nitrogen and oxygen atoms in total. The zero-order chi connectivity index (χ0) is 18.7. The van der Waals surface area contributed by atoms with Crippen LogP contribution in [0, 0.1) is 6.92 Å². The number of hydrogen-bond acceptors (Lipinski definition) is 3. The van der Waals surface area contributed by atoms with Gasteiger partial charge in [0.25, 0.3) is 0 Å². The van der Waals surface area contributed by atoms with Crippen molar-refractivity contribution in [1.82, 2.24) is 0 Å². The molecule has 1 aliphatic heterocycles. The van der Waals surface area contributed by atoms with Gasteiger partial charge in [-0.3, -0.25) is 4.79 Å². The van der Waals surface area contributed by atoms with Crippen LogP contribution in [0.25, 0.3) is 0 Å². The summed E-state index contributed by atoms with van der Waals surface area (Å²) in [6.45, 7) is 3.32. The Morgan fingerprint density at radius 2 is 1.69 bits per heavy atom. The number of ketones is 1. The summed E-state index contributed by atoms with van der Waals surface area (Å²) in [5.74, 6) is 0.0216. The molecule has 0 bridgehead atoms. The van der Waals surface area contributed by atoms with E-state index in [-0.39, 0.29) is 10.7 Å². The molecule has 0 unspecified atom stereocenters. The fraction of sp³-hybridized carbons (Fsp3) is 0.333. The van der Waals surface area contributed by atoms with E-state index in [1.54, 1.807) is 12.1 Å². The molecule has 0 saturated heterocycles. The second-order valence-electron chi connectivity index (χ2n) is 6.97. The highest BCUT2D eigenvalue weighted by Gasteiger charge is 2.25. The third kappa shape index (κ3) is 4.47. The number of hydrogen-bond donors (Lipinski definition) is 0. The maximum atomic E-state index is 12.6. The lowest BCUT2D eigenvalue weighted by molar-refractivity contribution is -0.507. The zero-order valence-electron chi connectivity index (χ0n) is 15.2. The molecule has 3 rings (SSSR count). The number of Topliss-reactive ketones (excluding diaryl/α,β-unsaturated/α-hetero) is 1. The summed E-state index contributed by atoms with van der Waals surface area (Å²) in [4.78, 5) is 12.8. The predicted molar refractivity (Wildman–Crippen MR) is 103 cm³/mol. The lowest BCUT2D eigenvalue weighted by Crippen LogP contribution is -2.24. The molecule has 1 heterocycles. The van der Waals surface area contributed by atoms with Crippen LogP contribution in [0.4, 0.5) is 0 Å². The molecular formula is C21H24NO3S+. The van der Waals surface area contributed by atoms with Gasteiger partial charge in [-0.15, -0.1) is 0 Å². The first-order chi connectivity index (χ1) is 12.3. The summed E-state index contributed by atoms with van der Waals surface area (Å²) in [5.41, 5.74) is 4.37. The number of sulfone groups is 1. The van der Waals surface area contributed by atoms with E-state index < -0.39 is 9.84 Å². The largest absolute Gasteiger partial charge is 0.287 e. The minimum absolute atomic E-state index is 0.0216. The van der Waals surface area contributed by atoms with Crippen LogP contribution in [0.5, 0.6) is 0 Å². The highest BCUT2D eigenvalue weighted by molar-refractivity contribution is 7.90. The van der Waals surface area contributed by atoms with Crippen LogP contribution in [-0.2, 0) is 16.3 Å². The fourth-order valence-electron chi connectivity index (χ4n) is 3.28. The number of nitrogens with zero attached hydrogens (tertiary/aromatic N) is 1. The Balaban J connectivity index is 1.73. The van der Waals surface area contributed by atoms with E-state index in [1.807, 2.05) is 0 Å². The maximum absolute atomic E-state index is 12.6. The summed E-state index contributed by atoms with van der Waals surface area (Å²) in [5, 5.41) is 0. The molecule has 0 aliphatic carbocycles. The Kier molecular flexibility index (Phi) is 5.37. The zero-order valence-corrected chi connectivity index (χ0v) is 16.1. The van der Waals surface area contributed by atoms with Gasteiger partial charge in [-0.25, -0.2) is 13.0 Å². The highest BCUT2D eigenvalue weighted by Crippen LogP contribution is 2.14. The van der Waals surface area contributed by atoms with Gasteiger partial charge in [-0.05, 0) is 36.8 Å². The van der Waals surface area contributed by atoms with Crippen molar-refractivity contribution in [2.45, 2.75) is 31.1 Å². The summed E-state index contributed by atoms with van der Waals surface area (Å²) in [7, 11) is -3.24. The van der Waals surface area contributed by atoms with E-state index in [0.29, 0.717) is 12.1 Å². The molecule has 0 N–H and O–H groups in total. The van der Waals surface area contributed by atoms with Gasteiger partial charge >= 0.3 is 0 Å². The normalized spacial score (nSPS) is 14.7. The van der Waals surface area contributed by atoms with Crippen molar-refractivity contribution >= 4 is 21.3 Å². The first kappa shape index (κ1) is 18.5. The lowest BCUT2D eigenvalue weighted by atomic mass is 10.0. The predicted octanol–water partition coefficient (Wildman–Crippen LogP) is 3.07. The molecule has 1 aliphatic rings. The Morgan fingerprint density at radius 1 is 1.04 bits per heavy atom. The molecular weight excluding hydrogens is 346 g/mol. The van der Waals surface area contributed by atoms with E-state index in [2.05, 4.69) is 35.8 Å². The molecule has 26 heavy (non-hydrogen) atoms. The highest BCUT2D eigenvalue weighted by atomic mass is 32.2. The second kappa shape index (κ2) is 7.54. The first-order valence-electron chi connectivity index (χ1n) is 8.81. The number of benzene rings is 2. The molecule has 0 atom stereocenters. The smallest absolute Gasteiger partial charge is 0.227 e. The van der Waals surface area contributed by atoms with Crippen molar-refractivity contribution in [3.63, 3.8) is 0 Å². The molecule has 2 aromatic rings. The van der Waals surface area contributed by atoms with Gasteiger partial charge in [0, 0.05) is 24.7 Å².